The fourth-order valence-electron chi connectivity index (χ4n) is 4.40. The quantitative estimate of drug-likeness (QED) is 0.660. The molecule has 3 rings (SSSR count). The number of rotatable bonds is 7. The van der Waals surface area contributed by atoms with E-state index in [2.05, 4.69) is 60.9 Å². The van der Waals surface area contributed by atoms with Crippen molar-refractivity contribution in [2.24, 2.45) is 11.8 Å². The molecule has 158 valence electrons. The SMILES string of the molecule is Cc1ccc(C2CN(Cc3ccc(C)o3)CC2CN(C(=O)C(C)C)C(C)C)cc1. The van der Waals surface area contributed by atoms with Gasteiger partial charge in [-0.15, -0.1) is 0 Å². The van der Waals surface area contributed by atoms with Gasteiger partial charge in [0.25, 0.3) is 0 Å². The predicted molar refractivity (Wildman–Crippen MR) is 118 cm³/mol. The molecule has 4 heteroatoms. The first-order chi connectivity index (χ1) is 13.7. The van der Waals surface area contributed by atoms with Gasteiger partial charge in [-0.05, 0) is 51.3 Å². The van der Waals surface area contributed by atoms with E-state index in [0.29, 0.717) is 11.8 Å². The number of amides is 1. The summed E-state index contributed by atoms with van der Waals surface area (Å²) >= 11 is 0. The van der Waals surface area contributed by atoms with Crippen molar-refractivity contribution in [3.05, 3.63) is 59.0 Å². The third kappa shape index (κ3) is 5.30. The van der Waals surface area contributed by atoms with Gasteiger partial charge in [0, 0.05) is 37.5 Å². The highest BCUT2D eigenvalue weighted by molar-refractivity contribution is 5.78. The Bertz CT molecular complexity index is 806. The molecule has 1 aromatic carbocycles. The molecule has 29 heavy (non-hydrogen) atoms. The fraction of sp³-hybridized carbons (Fsp3) is 0.560. The Morgan fingerprint density at radius 2 is 1.76 bits per heavy atom. The number of likely N-dealkylation sites (tertiary alicyclic amines) is 1. The Morgan fingerprint density at radius 1 is 1.07 bits per heavy atom. The van der Waals surface area contributed by atoms with E-state index < -0.39 is 0 Å². The number of nitrogens with zero attached hydrogens (tertiary/aromatic N) is 2. The van der Waals surface area contributed by atoms with Crippen LogP contribution in [0.3, 0.4) is 0 Å². The van der Waals surface area contributed by atoms with Crippen LogP contribution in [0.4, 0.5) is 0 Å². The summed E-state index contributed by atoms with van der Waals surface area (Å²) in [6.45, 7) is 16.0. The summed E-state index contributed by atoms with van der Waals surface area (Å²) in [7, 11) is 0. The monoisotopic (exact) mass is 396 g/mol. The van der Waals surface area contributed by atoms with Gasteiger partial charge in [-0.2, -0.15) is 0 Å². The van der Waals surface area contributed by atoms with E-state index in [1.54, 1.807) is 0 Å². The Balaban J connectivity index is 1.81. The predicted octanol–water partition coefficient (Wildman–Crippen LogP) is 5.01. The smallest absolute Gasteiger partial charge is 0.225 e. The van der Waals surface area contributed by atoms with Crippen LogP contribution in [0.2, 0.25) is 0 Å². The second-order valence-corrected chi connectivity index (χ2v) is 9.22. The van der Waals surface area contributed by atoms with Crippen LogP contribution in [0, 0.1) is 25.7 Å². The number of furan rings is 1. The van der Waals surface area contributed by atoms with Gasteiger partial charge >= 0.3 is 0 Å². The van der Waals surface area contributed by atoms with Gasteiger partial charge in [-0.25, -0.2) is 0 Å². The number of carbonyl (C=O) groups excluding carboxylic acids is 1. The van der Waals surface area contributed by atoms with Gasteiger partial charge in [0.05, 0.1) is 6.54 Å². The lowest BCUT2D eigenvalue weighted by Gasteiger charge is -2.33. The van der Waals surface area contributed by atoms with E-state index in [9.17, 15) is 4.79 Å². The number of carbonyl (C=O) groups is 1. The second kappa shape index (κ2) is 9.17. The van der Waals surface area contributed by atoms with Crippen molar-refractivity contribution in [2.75, 3.05) is 19.6 Å². The van der Waals surface area contributed by atoms with E-state index in [-0.39, 0.29) is 17.9 Å². The molecule has 0 spiro atoms. The third-order valence-electron chi connectivity index (χ3n) is 6.03. The summed E-state index contributed by atoms with van der Waals surface area (Å²) in [5, 5.41) is 0. The van der Waals surface area contributed by atoms with Crippen LogP contribution >= 0.6 is 0 Å². The number of aryl methyl sites for hydroxylation is 2. The maximum atomic E-state index is 12.8. The van der Waals surface area contributed by atoms with Crippen molar-refractivity contribution >= 4 is 5.91 Å². The van der Waals surface area contributed by atoms with Crippen molar-refractivity contribution < 1.29 is 9.21 Å². The van der Waals surface area contributed by atoms with Crippen LogP contribution < -0.4 is 0 Å². The van der Waals surface area contributed by atoms with Crippen LogP contribution in [-0.4, -0.2) is 41.4 Å². The second-order valence-electron chi connectivity index (χ2n) is 9.22. The maximum absolute atomic E-state index is 12.8. The molecule has 1 saturated heterocycles. The molecule has 1 aliphatic rings. The molecule has 2 heterocycles. The zero-order valence-electron chi connectivity index (χ0n) is 18.8. The lowest BCUT2D eigenvalue weighted by atomic mass is 9.87. The summed E-state index contributed by atoms with van der Waals surface area (Å²) in [5.74, 6) is 3.09. The lowest BCUT2D eigenvalue weighted by molar-refractivity contribution is -0.136. The van der Waals surface area contributed by atoms with Crippen molar-refractivity contribution in [3.8, 4) is 0 Å². The lowest BCUT2D eigenvalue weighted by Crippen LogP contribution is -2.43. The molecule has 2 aromatic rings. The van der Waals surface area contributed by atoms with Crippen LogP contribution in [-0.2, 0) is 11.3 Å². The molecular formula is C25H36N2O2. The molecule has 2 unspecified atom stereocenters. The number of hydrogen-bond acceptors (Lipinski definition) is 3. The number of hydrogen-bond donors (Lipinski definition) is 0. The van der Waals surface area contributed by atoms with Crippen molar-refractivity contribution in [2.45, 2.75) is 60.0 Å². The van der Waals surface area contributed by atoms with Crippen LogP contribution in [0.15, 0.2) is 40.8 Å². The molecule has 0 saturated carbocycles. The topological polar surface area (TPSA) is 36.7 Å². The van der Waals surface area contributed by atoms with Crippen LogP contribution in [0.25, 0.3) is 0 Å². The Hall–Kier alpha value is -2.07. The van der Waals surface area contributed by atoms with E-state index in [1.165, 1.54) is 11.1 Å². The summed E-state index contributed by atoms with van der Waals surface area (Å²) in [5.41, 5.74) is 2.66. The molecule has 0 radical (unpaired) electrons. The Kier molecular flexibility index (Phi) is 6.84. The van der Waals surface area contributed by atoms with Gasteiger partial charge in [0.15, 0.2) is 0 Å². The zero-order valence-corrected chi connectivity index (χ0v) is 18.8. The van der Waals surface area contributed by atoms with E-state index in [4.69, 9.17) is 4.42 Å². The van der Waals surface area contributed by atoms with Gasteiger partial charge < -0.3 is 9.32 Å². The average molecular weight is 397 g/mol. The van der Waals surface area contributed by atoms with Gasteiger partial charge in [-0.1, -0.05) is 43.7 Å². The average Bonchev–Trinajstić information content (AvgIpc) is 3.25. The summed E-state index contributed by atoms with van der Waals surface area (Å²) < 4.78 is 5.82. The molecule has 0 aliphatic carbocycles. The highest BCUT2D eigenvalue weighted by Crippen LogP contribution is 2.35. The third-order valence-corrected chi connectivity index (χ3v) is 6.03. The molecular weight excluding hydrogens is 360 g/mol. The Morgan fingerprint density at radius 3 is 2.31 bits per heavy atom. The minimum Gasteiger partial charge on any atom is -0.465 e. The zero-order chi connectivity index (χ0) is 21.1. The van der Waals surface area contributed by atoms with Crippen LogP contribution in [0.5, 0.6) is 0 Å². The minimum absolute atomic E-state index is 0.0267. The summed E-state index contributed by atoms with van der Waals surface area (Å²) in [6.07, 6.45) is 0. The van der Waals surface area contributed by atoms with E-state index in [1.807, 2.05) is 26.8 Å². The first-order valence-corrected chi connectivity index (χ1v) is 10.9. The fourth-order valence-corrected chi connectivity index (χ4v) is 4.40. The maximum Gasteiger partial charge on any atom is 0.225 e. The largest absolute Gasteiger partial charge is 0.465 e. The minimum atomic E-state index is 0.0267. The van der Waals surface area contributed by atoms with Crippen LogP contribution in [0.1, 0.15) is 56.3 Å². The molecule has 1 aliphatic heterocycles. The van der Waals surface area contributed by atoms with Gasteiger partial charge in [-0.3, -0.25) is 9.69 Å². The standard InChI is InChI=1S/C25H36N2O2/c1-17(2)25(28)27(18(3)4)14-22-13-26(15-23-12-9-20(6)29-23)16-24(22)21-10-7-19(5)8-11-21/h7-12,17-18,22,24H,13-16H2,1-6H3. The summed E-state index contributed by atoms with van der Waals surface area (Å²) in [6, 6.07) is 13.2. The molecule has 1 fully saturated rings. The van der Waals surface area contributed by atoms with Crippen molar-refractivity contribution in [1.82, 2.24) is 9.80 Å². The molecule has 1 amide bonds. The highest BCUT2D eigenvalue weighted by Gasteiger charge is 2.36. The molecule has 0 bridgehead atoms. The molecule has 1 aromatic heterocycles. The molecule has 0 N–H and O–H groups in total. The van der Waals surface area contributed by atoms with E-state index in [0.717, 1.165) is 37.7 Å². The first-order valence-electron chi connectivity index (χ1n) is 10.9. The van der Waals surface area contributed by atoms with Crippen molar-refractivity contribution in [1.29, 1.82) is 0 Å². The normalized spacial score (nSPS) is 20.0. The van der Waals surface area contributed by atoms with Crippen molar-refractivity contribution in [3.63, 3.8) is 0 Å². The highest BCUT2D eigenvalue weighted by atomic mass is 16.3. The molecule has 2 atom stereocenters. The molecule has 4 nitrogen and oxygen atoms in total. The summed E-state index contributed by atoms with van der Waals surface area (Å²) in [4.78, 5) is 17.4. The van der Waals surface area contributed by atoms with E-state index >= 15 is 0 Å². The Labute approximate surface area is 175 Å². The first kappa shape index (κ1) is 21.6. The number of benzene rings is 1. The van der Waals surface area contributed by atoms with Gasteiger partial charge in [0.1, 0.15) is 11.5 Å². The van der Waals surface area contributed by atoms with Gasteiger partial charge in [0.2, 0.25) is 5.91 Å².